The van der Waals surface area contributed by atoms with Gasteiger partial charge in [0.05, 0.1) is 25.1 Å². The first-order valence-electron chi connectivity index (χ1n) is 7.89. The van der Waals surface area contributed by atoms with E-state index in [0.717, 1.165) is 18.7 Å². The summed E-state index contributed by atoms with van der Waals surface area (Å²) in [5.74, 6) is 0.256. The van der Waals surface area contributed by atoms with Gasteiger partial charge in [-0.2, -0.15) is 5.10 Å². The first-order chi connectivity index (χ1) is 10.1. The van der Waals surface area contributed by atoms with E-state index < -0.39 is 0 Å². The fraction of sp³-hybridized carbons (Fsp3) is 0.750. The van der Waals surface area contributed by atoms with Crippen LogP contribution in [0.15, 0.2) is 6.20 Å². The Morgan fingerprint density at radius 2 is 2.14 bits per heavy atom. The first-order valence-corrected chi connectivity index (χ1v) is 7.89. The zero-order chi connectivity index (χ0) is 15.7. The summed E-state index contributed by atoms with van der Waals surface area (Å²) in [6.45, 7) is 7.68. The van der Waals surface area contributed by atoms with Gasteiger partial charge in [-0.25, -0.2) is 4.79 Å². The predicted molar refractivity (Wildman–Crippen MR) is 82.1 cm³/mol. The monoisotopic (exact) mass is 296 g/mol. The van der Waals surface area contributed by atoms with Gasteiger partial charge in [0.2, 0.25) is 0 Å². The maximum atomic E-state index is 11.8. The Kier molecular flexibility index (Phi) is 8.05. The van der Waals surface area contributed by atoms with Gasteiger partial charge in [-0.15, -0.1) is 0 Å². The fourth-order valence-corrected chi connectivity index (χ4v) is 2.23. The molecule has 1 aromatic rings. The molecule has 1 unspecified atom stereocenters. The number of carbonyl (C=O) groups is 1. The summed E-state index contributed by atoms with van der Waals surface area (Å²) in [6.07, 6.45) is 6.32. The molecule has 0 aliphatic carbocycles. The van der Waals surface area contributed by atoms with Crippen LogP contribution in [0.4, 0.5) is 0 Å². The highest BCUT2D eigenvalue weighted by molar-refractivity contribution is 5.90. The van der Waals surface area contributed by atoms with Gasteiger partial charge in [0.15, 0.2) is 0 Å². The van der Waals surface area contributed by atoms with Gasteiger partial charge in [0.25, 0.3) is 0 Å². The zero-order valence-electron chi connectivity index (χ0n) is 13.7. The summed E-state index contributed by atoms with van der Waals surface area (Å²) in [7, 11) is 1.82. The molecule has 5 heteroatoms. The van der Waals surface area contributed by atoms with Crippen molar-refractivity contribution in [3.63, 3.8) is 0 Å². The first kappa shape index (κ1) is 17.7. The van der Waals surface area contributed by atoms with Gasteiger partial charge < -0.3 is 9.47 Å². The van der Waals surface area contributed by atoms with Crippen molar-refractivity contribution < 1.29 is 14.3 Å². The molecule has 0 aromatic carbocycles. The summed E-state index contributed by atoms with van der Waals surface area (Å²) in [5, 5.41) is 4.12. The Balaban J connectivity index is 2.54. The minimum Gasteiger partial charge on any atom is -0.462 e. The Labute approximate surface area is 127 Å². The number of carbonyl (C=O) groups excluding carboxylic acids is 1. The normalized spacial score (nSPS) is 12.4. The van der Waals surface area contributed by atoms with E-state index in [4.69, 9.17) is 9.47 Å². The van der Waals surface area contributed by atoms with Gasteiger partial charge >= 0.3 is 5.97 Å². The number of aryl methyl sites for hydroxylation is 1. The van der Waals surface area contributed by atoms with Crippen LogP contribution in [0.3, 0.4) is 0 Å². The van der Waals surface area contributed by atoms with E-state index in [0.29, 0.717) is 24.7 Å². The highest BCUT2D eigenvalue weighted by Crippen LogP contribution is 2.15. The number of aromatic nitrogens is 2. The lowest BCUT2D eigenvalue weighted by Gasteiger charge is -2.15. The maximum absolute atomic E-state index is 11.8. The molecule has 0 saturated carbocycles. The average Bonchev–Trinajstić information content (AvgIpc) is 2.84. The molecule has 0 fully saturated rings. The molecule has 0 saturated heterocycles. The number of esters is 1. The molecule has 0 amide bonds. The lowest BCUT2D eigenvalue weighted by Crippen LogP contribution is -2.13. The molecule has 0 bridgehead atoms. The highest BCUT2D eigenvalue weighted by Gasteiger charge is 2.17. The smallest absolute Gasteiger partial charge is 0.341 e. The van der Waals surface area contributed by atoms with Crippen molar-refractivity contribution in [1.29, 1.82) is 0 Å². The molecule has 0 spiro atoms. The second-order valence-corrected chi connectivity index (χ2v) is 5.28. The van der Waals surface area contributed by atoms with Crippen molar-refractivity contribution >= 4 is 5.97 Å². The molecular weight excluding hydrogens is 268 g/mol. The van der Waals surface area contributed by atoms with Gasteiger partial charge in [0, 0.05) is 13.7 Å². The van der Waals surface area contributed by atoms with Crippen LogP contribution >= 0.6 is 0 Å². The molecule has 1 atom stereocenters. The van der Waals surface area contributed by atoms with E-state index in [9.17, 15) is 4.79 Å². The number of rotatable bonds is 10. The standard InChI is InChI=1S/C16H28N2O3/c1-5-8-9-13(6-2)11-20-12-15-14(10-17-18(15)4)16(19)21-7-3/h10,13H,5-9,11-12H2,1-4H3. The molecular formula is C16H28N2O3. The van der Waals surface area contributed by atoms with Gasteiger partial charge in [-0.1, -0.05) is 33.1 Å². The molecule has 1 heterocycles. The average molecular weight is 296 g/mol. The molecule has 5 nitrogen and oxygen atoms in total. The third-order valence-corrected chi connectivity index (χ3v) is 3.69. The van der Waals surface area contributed by atoms with Crippen molar-refractivity contribution in [2.75, 3.05) is 13.2 Å². The second kappa shape index (κ2) is 9.55. The summed E-state index contributed by atoms with van der Waals surface area (Å²) in [5.41, 5.74) is 1.28. The Bertz CT molecular complexity index is 429. The number of nitrogens with zero attached hydrogens (tertiary/aromatic N) is 2. The van der Waals surface area contributed by atoms with E-state index in [-0.39, 0.29) is 5.97 Å². The number of hydrogen-bond donors (Lipinski definition) is 0. The third-order valence-electron chi connectivity index (χ3n) is 3.69. The minimum absolute atomic E-state index is 0.331. The summed E-state index contributed by atoms with van der Waals surface area (Å²) in [6, 6.07) is 0. The van der Waals surface area contributed by atoms with Crippen LogP contribution in [-0.4, -0.2) is 29.0 Å². The minimum atomic E-state index is -0.331. The molecule has 0 aliphatic heterocycles. The SMILES string of the molecule is CCCCC(CC)COCc1c(C(=O)OCC)cnn1C. The summed E-state index contributed by atoms with van der Waals surface area (Å²) >= 11 is 0. The van der Waals surface area contributed by atoms with Crippen LogP contribution in [-0.2, 0) is 23.1 Å². The second-order valence-electron chi connectivity index (χ2n) is 5.28. The molecule has 0 aliphatic rings. The van der Waals surface area contributed by atoms with Crippen LogP contribution in [0.25, 0.3) is 0 Å². The summed E-state index contributed by atoms with van der Waals surface area (Å²) in [4.78, 5) is 11.8. The van der Waals surface area contributed by atoms with Crippen LogP contribution < -0.4 is 0 Å². The molecule has 1 aromatic heterocycles. The van der Waals surface area contributed by atoms with Crippen LogP contribution in [0.1, 0.15) is 62.5 Å². The molecule has 21 heavy (non-hydrogen) atoms. The Morgan fingerprint density at radius 3 is 2.76 bits per heavy atom. The molecule has 0 N–H and O–H groups in total. The van der Waals surface area contributed by atoms with Crippen molar-refractivity contribution in [3.8, 4) is 0 Å². The fourth-order valence-electron chi connectivity index (χ4n) is 2.23. The van der Waals surface area contributed by atoms with Gasteiger partial charge in [0.1, 0.15) is 5.56 Å². The van der Waals surface area contributed by atoms with Crippen LogP contribution in [0.5, 0.6) is 0 Å². The molecule has 0 radical (unpaired) electrons. The third kappa shape index (κ3) is 5.50. The van der Waals surface area contributed by atoms with Crippen molar-refractivity contribution in [2.45, 2.75) is 53.1 Å². The Morgan fingerprint density at radius 1 is 1.38 bits per heavy atom. The number of hydrogen-bond acceptors (Lipinski definition) is 4. The van der Waals surface area contributed by atoms with Crippen molar-refractivity contribution in [2.24, 2.45) is 13.0 Å². The maximum Gasteiger partial charge on any atom is 0.341 e. The topological polar surface area (TPSA) is 53.4 Å². The lowest BCUT2D eigenvalue weighted by molar-refractivity contribution is 0.0509. The predicted octanol–water partition coefficient (Wildman–Crippen LogP) is 3.33. The summed E-state index contributed by atoms with van der Waals surface area (Å²) < 4.78 is 12.5. The molecule has 1 rings (SSSR count). The molecule has 120 valence electrons. The lowest BCUT2D eigenvalue weighted by atomic mass is 10.0. The van der Waals surface area contributed by atoms with Gasteiger partial charge in [-0.05, 0) is 19.3 Å². The van der Waals surface area contributed by atoms with Gasteiger partial charge in [-0.3, -0.25) is 4.68 Å². The van der Waals surface area contributed by atoms with Crippen molar-refractivity contribution in [3.05, 3.63) is 17.5 Å². The van der Waals surface area contributed by atoms with E-state index in [2.05, 4.69) is 18.9 Å². The van der Waals surface area contributed by atoms with Crippen LogP contribution in [0.2, 0.25) is 0 Å². The number of unbranched alkanes of at least 4 members (excludes halogenated alkanes) is 1. The highest BCUT2D eigenvalue weighted by atomic mass is 16.5. The van der Waals surface area contributed by atoms with E-state index in [1.165, 1.54) is 19.3 Å². The number of ether oxygens (including phenoxy) is 2. The van der Waals surface area contributed by atoms with E-state index in [1.807, 2.05) is 7.05 Å². The zero-order valence-corrected chi connectivity index (χ0v) is 13.7. The Hall–Kier alpha value is -1.36. The van der Waals surface area contributed by atoms with E-state index >= 15 is 0 Å². The largest absolute Gasteiger partial charge is 0.462 e. The van der Waals surface area contributed by atoms with E-state index in [1.54, 1.807) is 17.8 Å². The van der Waals surface area contributed by atoms with Crippen LogP contribution in [0, 0.1) is 5.92 Å². The quantitative estimate of drug-likeness (QED) is 0.621. The van der Waals surface area contributed by atoms with Crippen molar-refractivity contribution in [1.82, 2.24) is 9.78 Å².